The minimum absolute atomic E-state index is 0.164. The topological polar surface area (TPSA) is 46.1 Å². The average molecular weight is 335 g/mol. The summed E-state index contributed by atoms with van der Waals surface area (Å²) >= 11 is 1.49. The first-order valence-electron chi connectivity index (χ1n) is 7.98. The van der Waals surface area contributed by atoms with Gasteiger partial charge < -0.3 is 4.90 Å². The molecular formula is C19H17N3OS. The molecular weight excluding hydrogens is 318 g/mol. The molecule has 0 saturated carbocycles. The van der Waals surface area contributed by atoms with Crippen LogP contribution in [-0.4, -0.2) is 33.1 Å². The van der Waals surface area contributed by atoms with E-state index in [-0.39, 0.29) is 5.91 Å². The molecule has 0 spiro atoms. The first-order chi connectivity index (χ1) is 11.8. The first-order valence-corrected chi connectivity index (χ1v) is 8.97. The summed E-state index contributed by atoms with van der Waals surface area (Å²) in [5.74, 6) is 0.570. The molecule has 0 atom stereocenters. The second-order valence-electron chi connectivity index (χ2n) is 5.82. The Balaban J connectivity index is 1.45. The van der Waals surface area contributed by atoms with Crippen molar-refractivity contribution in [2.24, 2.45) is 0 Å². The Hall–Kier alpha value is -2.40. The van der Waals surface area contributed by atoms with Gasteiger partial charge in [0.25, 0.3) is 0 Å². The number of aromatic nitrogens is 2. The number of nitrogens with zero attached hydrogens (tertiary/aromatic N) is 3. The summed E-state index contributed by atoms with van der Waals surface area (Å²) in [6, 6.07) is 16.3. The largest absolute Gasteiger partial charge is 0.337 e. The quantitative estimate of drug-likeness (QED) is 0.544. The van der Waals surface area contributed by atoms with Crippen molar-refractivity contribution >= 4 is 28.6 Å². The van der Waals surface area contributed by atoms with Crippen LogP contribution in [0.3, 0.4) is 0 Å². The minimum Gasteiger partial charge on any atom is -0.337 e. The van der Waals surface area contributed by atoms with Gasteiger partial charge in [-0.05, 0) is 23.6 Å². The van der Waals surface area contributed by atoms with Gasteiger partial charge in [0.15, 0.2) is 0 Å². The Kier molecular flexibility index (Phi) is 4.17. The van der Waals surface area contributed by atoms with Crippen LogP contribution in [0, 0.1) is 0 Å². The number of amides is 1. The first kappa shape index (κ1) is 15.1. The molecule has 1 aliphatic heterocycles. The van der Waals surface area contributed by atoms with Crippen molar-refractivity contribution in [3.63, 3.8) is 0 Å². The van der Waals surface area contributed by atoms with E-state index in [1.54, 1.807) is 6.33 Å². The van der Waals surface area contributed by atoms with Gasteiger partial charge in [-0.3, -0.25) is 4.79 Å². The predicted octanol–water partition coefficient (Wildman–Crippen LogP) is 3.31. The van der Waals surface area contributed by atoms with Gasteiger partial charge in [-0.1, -0.05) is 54.2 Å². The normalized spacial score (nSPS) is 13.8. The van der Waals surface area contributed by atoms with Crippen LogP contribution in [0.2, 0.25) is 0 Å². The highest BCUT2D eigenvalue weighted by molar-refractivity contribution is 8.00. The molecule has 0 saturated heterocycles. The maximum Gasteiger partial charge on any atom is 0.233 e. The van der Waals surface area contributed by atoms with Crippen LogP contribution in [0.25, 0.3) is 10.9 Å². The third-order valence-corrected chi connectivity index (χ3v) is 5.31. The molecule has 1 aliphatic rings. The summed E-state index contributed by atoms with van der Waals surface area (Å²) in [4.78, 5) is 23.1. The second kappa shape index (κ2) is 6.61. The summed E-state index contributed by atoms with van der Waals surface area (Å²) in [5.41, 5.74) is 3.53. The third-order valence-electron chi connectivity index (χ3n) is 4.32. The summed E-state index contributed by atoms with van der Waals surface area (Å²) in [6.45, 7) is 1.50. The fourth-order valence-electron chi connectivity index (χ4n) is 3.03. The molecule has 0 bridgehead atoms. The van der Waals surface area contributed by atoms with Crippen LogP contribution < -0.4 is 0 Å². The van der Waals surface area contributed by atoms with Crippen molar-refractivity contribution in [1.82, 2.24) is 14.9 Å². The van der Waals surface area contributed by atoms with Crippen LogP contribution >= 0.6 is 11.8 Å². The number of fused-ring (bicyclic) bond motifs is 2. The van der Waals surface area contributed by atoms with Crippen LogP contribution in [-0.2, 0) is 17.8 Å². The fourth-order valence-corrected chi connectivity index (χ4v) is 3.92. The van der Waals surface area contributed by atoms with Crippen LogP contribution in [0.5, 0.6) is 0 Å². The zero-order valence-corrected chi connectivity index (χ0v) is 14.0. The Morgan fingerprint density at radius 2 is 1.83 bits per heavy atom. The molecule has 3 aromatic rings. The highest BCUT2D eigenvalue weighted by atomic mass is 32.2. The molecule has 0 fully saturated rings. The van der Waals surface area contributed by atoms with E-state index in [9.17, 15) is 4.79 Å². The van der Waals surface area contributed by atoms with E-state index in [2.05, 4.69) is 28.2 Å². The molecule has 2 heterocycles. The van der Waals surface area contributed by atoms with Gasteiger partial charge in [0.1, 0.15) is 11.4 Å². The zero-order chi connectivity index (χ0) is 16.4. The zero-order valence-electron chi connectivity index (χ0n) is 13.2. The number of hydrogen-bond donors (Lipinski definition) is 0. The molecule has 0 N–H and O–H groups in total. The summed E-state index contributed by atoms with van der Waals surface area (Å²) in [7, 11) is 0. The van der Waals surface area contributed by atoms with Gasteiger partial charge in [-0.25, -0.2) is 9.97 Å². The molecule has 24 heavy (non-hydrogen) atoms. The molecule has 120 valence electrons. The van der Waals surface area contributed by atoms with E-state index in [1.165, 1.54) is 22.9 Å². The number of hydrogen-bond acceptors (Lipinski definition) is 4. The molecule has 4 nitrogen and oxygen atoms in total. The highest BCUT2D eigenvalue weighted by Gasteiger charge is 2.20. The number of benzene rings is 2. The second-order valence-corrected chi connectivity index (χ2v) is 6.78. The van der Waals surface area contributed by atoms with E-state index in [0.717, 1.165) is 28.9 Å². The number of rotatable bonds is 3. The third kappa shape index (κ3) is 2.99. The van der Waals surface area contributed by atoms with Gasteiger partial charge in [0.05, 0.1) is 11.3 Å². The average Bonchev–Trinajstić information content (AvgIpc) is 2.65. The monoisotopic (exact) mass is 335 g/mol. The van der Waals surface area contributed by atoms with Crippen molar-refractivity contribution in [2.45, 2.75) is 18.0 Å². The lowest BCUT2D eigenvalue weighted by molar-refractivity contribution is -0.129. The molecule has 0 radical (unpaired) electrons. The number of thioether (sulfide) groups is 1. The number of para-hydroxylation sites is 1. The molecule has 4 rings (SSSR count). The lowest BCUT2D eigenvalue weighted by Gasteiger charge is -2.28. The van der Waals surface area contributed by atoms with E-state index >= 15 is 0 Å². The Labute approximate surface area is 144 Å². The number of carbonyl (C=O) groups excluding carboxylic acids is 1. The van der Waals surface area contributed by atoms with Gasteiger partial charge in [0.2, 0.25) is 5.91 Å². The SMILES string of the molecule is O=C(CSc1ncnc2ccccc12)N1CCc2ccccc2C1. The van der Waals surface area contributed by atoms with E-state index in [0.29, 0.717) is 12.3 Å². The van der Waals surface area contributed by atoms with E-state index in [1.807, 2.05) is 35.2 Å². The van der Waals surface area contributed by atoms with Gasteiger partial charge in [0, 0.05) is 18.5 Å². The van der Waals surface area contributed by atoms with Crippen LogP contribution in [0.15, 0.2) is 59.9 Å². The van der Waals surface area contributed by atoms with Crippen LogP contribution in [0.4, 0.5) is 0 Å². The molecule has 1 aromatic heterocycles. The maximum atomic E-state index is 12.6. The maximum absolute atomic E-state index is 12.6. The van der Waals surface area contributed by atoms with Gasteiger partial charge in [-0.2, -0.15) is 0 Å². The van der Waals surface area contributed by atoms with E-state index < -0.39 is 0 Å². The van der Waals surface area contributed by atoms with Crippen molar-refractivity contribution in [2.75, 3.05) is 12.3 Å². The smallest absolute Gasteiger partial charge is 0.233 e. The predicted molar refractivity (Wildman–Crippen MR) is 95.8 cm³/mol. The Morgan fingerprint density at radius 1 is 1.04 bits per heavy atom. The Morgan fingerprint density at radius 3 is 2.75 bits per heavy atom. The Bertz CT molecular complexity index is 891. The molecule has 2 aromatic carbocycles. The lowest BCUT2D eigenvalue weighted by Crippen LogP contribution is -2.37. The van der Waals surface area contributed by atoms with Gasteiger partial charge in [-0.15, -0.1) is 0 Å². The molecule has 0 aliphatic carbocycles. The summed E-state index contributed by atoms with van der Waals surface area (Å²) < 4.78 is 0. The van der Waals surface area contributed by atoms with Crippen molar-refractivity contribution in [3.8, 4) is 0 Å². The van der Waals surface area contributed by atoms with Gasteiger partial charge >= 0.3 is 0 Å². The van der Waals surface area contributed by atoms with E-state index in [4.69, 9.17) is 0 Å². The van der Waals surface area contributed by atoms with Crippen LogP contribution in [0.1, 0.15) is 11.1 Å². The minimum atomic E-state index is 0.164. The molecule has 0 unspecified atom stereocenters. The lowest BCUT2D eigenvalue weighted by atomic mass is 10.00. The summed E-state index contributed by atoms with van der Waals surface area (Å²) in [5, 5.41) is 1.87. The molecule has 1 amide bonds. The van der Waals surface area contributed by atoms with Crippen molar-refractivity contribution < 1.29 is 4.79 Å². The van der Waals surface area contributed by atoms with Crippen molar-refractivity contribution in [3.05, 3.63) is 66.0 Å². The number of carbonyl (C=O) groups is 1. The highest BCUT2D eigenvalue weighted by Crippen LogP contribution is 2.25. The van der Waals surface area contributed by atoms with Crippen molar-refractivity contribution in [1.29, 1.82) is 0 Å². The molecule has 5 heteroatoms. The fraction of sp³-hybridized carbons (Fsp3) is 0.211. The summed E-state index contributed by atoms with van der Waals surface area (Å²) in [6.07, 6.45) is 2.50. The standard InChI is InChI=1S/C19H17N3OS/c23-18(22-10-9-14-5-1-2-6-15(14)11-22)12-24-19-16-7-3-4-8-17(16)20-13-21-19/h1-8,13H,9-12H2.